The highest BCUT2D eigenvalue weighted by molar-refractivity contribution is 5.30. The van der Waals surface area contributed by atoms with Gasteiger partial charge in [-0.05, 0) is 32.9 Å². The van der Waals surface area contributed by atoms with Gasteiger partial charge in [-0.15, -0.1) is 0 Å². The maximum Gasteiger partial charge on any atom is 0.0917 e. The minimum Gasteiger partial charge on any atom is -0.387 e. The number of rotatable bonds is 4. The predicted molar refractivity (Wildman–Crippen MR) is 72.7 cm³/mol. The topological polar surface area (TPSA) is 32.7 Å². The number of ether oxygens (including phenoxy) is 1. The van der Waals surface area contributed by atoms with E-state index in [2.05, 4.69) is 44.0 Å². The molecule has 0 saturated carbocycles. The molecule has 2 atom stereocenters. The first-order chi connectivity index (χ1) is 8.56. The first kappa shape index (κ1) is 13.5. The second-order valence-corrected chi connectivity index (χ2v) is 5.39. The molecule has 18 heavy (non-hydrogen) atoms. The van der Waals surface area contributed by atoms with Crippen LogP contribution in [0.3, 0.4) is 0 Å². The molecule has 1 aliphatic rings. The molecule has 1 saturated heterocycles. The molecule has 0 aliphatic carbocycles. The summed E-state index contributed by atoms with van der Waals surface area (Å²) in [5.74, 6) is 0. The molecular formula is C15H23NO2. The zero-order chi connectivity index (χ0) is 13.1. The Hall–Kier alpha value is -0.900. The van der Waals surface area contributed by atoms with E-state index in [1.54, 1.807) is 0 Å². The van der Waals surface area contributed by atoms with Crippen LogP contribution in [0.15, 0.2) is 18.2 Å². The molecule has 3 heteroatoms. The molecule has 0 amide bonds. The van der Waals surface area contributed by atoms with E-state index >= 15 is 0 Å². The Bertz CT molecular complexity index is 379. The van der Waals surface area contributed by atoms with Crippen LogP contribution < -0.4 is 0 Å². The van der Waals surface area contributed by atoms with Crippen molar-refractivity contribution in [3.05, 3.63) is 34.9 Å². The van der Waals surface area contributed by atoms with E-state index < -0.39 is 6.10 Å². The van der Waals surface area contributed by atoms with Crippen molar-refractivity contribution in [1.29, 1.82) is 0 Å². The van der Waals surface area contributed by atoms with Crippen molar-refractivity contribution in [2.75, 3.05) is 26.8 Å². The standard InChI is InChI=1S/C15H23NO2/c1-11-6-12(2)8-13(7-11)15(17)9-16(3)14-4-5-18-10-14/h6-8,14-15,17H,4-5,9-10H2,1-3H3. The van der Waals surface area contributed by atoms with Gasteiger partial charge in [0, 0.05) is 19.2 Å². The lowest BCUT2D eigenvalue weighted by Gasteiger charge is -2.26. The second kappa shape index (κ2) is 5.83. The quantitative estimate of drug-likeness (QED) is 0.886. The van der Waals surface area contributed by atoms with E-state index in [0.717, 1.165) is 25.2 Å². The van der Waals surface area contributed by atoms with E-state index in [1.165, 1.54) is 11.1 Å². The lowest BCUT2D eigenvalue weighted by atomic mass is 10.0. The highest BCUT2D eigenvalue weighted by atomic mass is 16.5. The van der Waals surface area contributed by atoms with Crippen LogP contribution in [0.4, 0.5) is 0 Å². The van der Waals surface area contributed by atoms with Gasteiger partial charge in [0.15, 0.2) is 0 Å². The van der Waals surface area contributed by atoms with Gasteiger partial charge in [-0.2, -0.15) is 0 Å². The largest absolute Gasteiger partial charge is 0.387 e. The lowest BCUT2D eigenvalue weighted by Crippen LogP contribution is -2.35. The summed E-state index contributed by atoms with van der Waals surface area (Å²) in [5, 5.41) is 10.3. The van der Waals surface area contributed by atoms with Crippen molar-refractivity contribution >= 4 is 0 Å². The molecule has 0 radical (unpaired) electrons. The third-order valence-electron chi connectivity index (χ3n) is 3.62. The molecule has 0 spiro atoms. The van der Waals surface area contributed by atoms with Crippen molar-refractivity contribution < 1.29 is 9.84 Å². The molecule has 0 aromatic heterocycles. The van der Waals surface area contributed by atoms with Crippen LogP contribution in [0.1, 0.15) is 29.2 Å². The van der Waals surface area contributed by atoms with E-state index in [0.29, 0.717) is 12.6 Å². The first-order valence-corrected chi connectivity index (χ1v) is 6.60. The Morgan fingerprint density at radius 3 is 2.56 bits per heavy atom. The van der Waals surface area contributed by atoms with Gasteiger partial charge >= 0.3 is 0 Å². The molecule has 1 N–H and O–H groups in total. The highest BCUT2D eigenvalue weighted by Gasteiger charge is 2.22. The van der Waals surface area contributed by atoms with Gasteiger partial charge in [0.25, 0.3) is 0 Å². The molecular weight excluding hydrogens is 226 g/mol. The Morgan fingerprint density at radius 1 is 1.33 bits per heavy atom. The summed E-state index contributed by atoms with van der Waals surface area (Å²) in [5.41, 5.74) is 3.42. The summed E-state index contributed by atoms with van der Waals surface area (Å²) in [7, 11) is 2.06. The average molecular weight is 249 g/mol. The zero-order valence-electron chi connectivity index (χ0n) is 11.5. The van der Waals surface area contributed by atoms with E-state index in [9.17, 15) is 5.11 Å². The van der Waals surface area contributed by atoms with Gasteiger partial charge in [-0.1, -0.05) is 29.3 Å². The molecule has 2 rings (SSSR count). The molecule has 0 bridgehead atoms. The second-order valence-electron chi connectivity index (χ2n) is 5.39. The fourth-order valence-corrected chi connectivity index (χ4v) is 2.60. The summed E-state index contributed by atoms with van der Waals surface area (Å²) in [4.78, 5) is 2.20. The van der Waals surface area contributed by atoms with Gasteiger partial charge in [0.2, 0.25) is 0 Å². The average Bonchev–Trinajstić information content (AvgIpc) is 2.80. The third-order valence-corrected chi connectivity index (χ3v) is 3.62. The minimum absolute atomic E-state index is 0.422. The molecule has 3 nitrogen and oxygen atoms in total. The van der Waals surface area contributed by atoms with E-state index in [-0.39, 0.29) is 0 Å². The third kappa shape index (κ3) is 3.31. The number of hydrogen-bond donors (Lipinski definition) is 1. The number of nitrogens with zero attached hydrogens (tertiary/aromatic N) is 1. The molecule has 1 fully saturated rings. The molecule has 1 heterocycles. The van der Waals surface area contributed by atoms with Gasteiger partial charge in [0.1, 0.15) is 0 Å². The molecule has 1 aromatic rings. The Labute approximate surface area is 109 Å². The summed E-state index contributed by atoms with van der Waals surface area (Å²) in [6.07, 6.45) is 0.644. The monoisotopic (exact) mass is 249 g/mol. The van der Waals surface area contributed by atoms with E-state index in [1.807, 2.05) is 0 Å². The van der Waals surface area contributed by atoms with Crippen molar-refractivity contribution in [1.82, 2.24) is 4.90 Å². The van der Waals surface area contributed by atoms with Crippen LogP contribution in [0.2, 0.25) is 0 Å². The summed E-state index contributed by atoms with van der Waals surface area (Å²) < 4.78 is 5.38. The van der Waals surface area contributed by atoms with Crippen molar-refractivity contribution in [3.63, 3.8) is 0 Å². The van der Waals surface area contributed by atoms with Crippen molar-refractivity contribution in [2.45, 2.75) is 32.4 Å². The number of aliphatic hydroxyl groups excluding tert-OH is 1. The number of aryl methyl sites for hydroxylation is 2. The SMILES string of the molecule is Cc1cc(C)cc(C(O)CN(C)C2CCOC2)c1. The fraction of sp³-hybridized carbons (Fsp3) is 0.600. The first-order valence-electron chi connectivity index (χ1n) is 6.60. The molecule has 1 aromatic carbocycles. The van der Waals surface area contributed by atoms with Crippen LogP contribution in [-0.2, 0) is 4.74 Å². The number of aliphatic hydroxyl groups is 1. The predicted octanol–water partition coefficient (Wildman–Crippen LogP) is 2.06. The van der Waals surface area contributed by atoms with Crippen molar-refractivity contribution in [2.24, 2.45) is 0 Å². The maximum absolute atomic E-state index is 10.3. The fourth-order valence-electron chi connectivity index (χ4n) is 2.60. The molecule has 2 unspecified atom stereocenters. The van der Waals surface area contributed by atoms with Crippen LogP contribution in [0, 0.1) is 13.8 Å². The van der Waals surface area contributed by atoms with Crippen LogP contribution in [0.25, 0.3) is 0 Å². The zero-order valence-corrected chi connectivity index (χ0v) is 11.5. The Balaban J connectivity index is 1.99. The number of hydrogen-bond acceptors (Lipinski definition) is 3. The summed E-state index contributed by atoms with van der Waals surface area (Å²) in [6.45, 7) is 6.43. The van der Waals surface area contributed by atoms with Crippen molar-refractivity contribution in [3.8, 4) is 0 Å². The smallest absolute Gasteiger partial charge is 0.0917 e. The lowest BCUT2D eigenvalue weighted by molar-refractivity contribution is 0.0949. The normalized spacial score (nSPS) is 21.5. The van der Waals surface area contributed by atoms with Gasteiger partial charge in [0.05, 0.1) is 12.7 Å². The van der Waals surface area contributed by atoms with Gasteiger partial charge < -0.3 is 9.84 Å². The maximum atomic E-state index is 10.3. The number of likely N-dealkylation sites (N-methyl/N-ethyl adjacent to an activating group) is 1. The summed E-state index contributed by atoms with van der Waals surface area (Å²) in [6, 6.07) is 6.71. The highest BCUT2D eigenvalue weighted by Crippen LogP contribution is 2.20. The molecule has 1 aliphatic heterocycles. The van der Waals surface area contributed by atoms with Gasteiger partial charge in [-0.25, -0.2) is 0 Å². The Kier molecular flexibility index (Phi) is 4.38. The van der Waals surface area contributed by atoms with E-state index in [4.69, 9.17) is 4.74 Å². The van der Waals surface area contributed by atoms with Gasteiger partial charge in [-0.3, -0.25) is 4.90 Å². The van der Waals surface area contributed by atoms with Crippen LogP contribution >= 0.6 is 0 Å². The summed E-state index contributed by atoms with van der Waals surface area (Å²) >= 11 is 0. The Morgan fingerprint density at radius 2 is 2.00 bits per heavy atom. The number of benzene rings is 1. The molecule has 100 valence electrons. The minimum atomic E-state index is -0.422. The van der Waals surface area contributed by atoms with Crippen LogP contribution in [0.5, 0.6) is 0 Å². The van der Waals surface area contributed by atoms with Crippen LogP contribution in [-0.4, -0.2) is 42.9 Å².